The number of anilines is 1. The van der Waals surface area contributed by atoms with Gasteiger partial charge in [-0.3, -0.25) is 15.5 Å². The molecule has 2 aliphatic heterocycles. The van der Waals surface area contributed by atoms with Crippen LogP contribution in [0.3, 0.4) is 0 Å². The van der Waals surface area contributed by atoms with Crippen LogP contribution in [0.4, 0.5) is 5.69 Å². The summed E-state index contributed by atoms with van der Waals surface area (Å²) in [5.74, 6) is 0.455. The van der Waals surface area contributed by atoms with Gasteiger partial charge in [0.15, 0.2) is 0 Å². The lowest BCUT2D eigenvalue weighted by Gasteiger charge is -2.40. The van der Waals surface area contributed by atoms with Gasteiger partial charge in [0.25, 0.3) is 0 Å². The third kappa shape index (κ3) is 2.69. The molecule has 3 atom stereocenters. The Morgan fingerprint density at radius 3 is 2.81 bits per heavy atom. The van der Waals surface area contributed by atoms with Crippen LogP contribution in [0.25, 0.3) is 0 Å². The lowest BCUT2D eigenvalue weighted by Crippen LogP contribution is -2.63. The summed E-state index contributed by atoms with van der Waals surface area (Å²) in [6.07, 6.45) is 3.59. The Bertz CT molecular complexity index is 801. The molecule has 0 bridgehead atoms. The summed E-state index contributed by atoms with van der Waals surface area (Å²) in [7, 11) is 0. The molecular formula is C20H26N4O2. The van der Waals surface area contributed by atoms with Crippen LogP contribution in [0.2, 0.25) is 0 Å². The lowest BCUT2D eigenvalue weighted by molar-refractivity contribution is -0.130. The zero-order chi connectivity index (χ0) is 18.4. The second kappa shape index (κ2) is 6.43. The fourth-order valence-corrected chi connectivity index (χ4v) is 4.44. The first-order chi connectivity index (χ1) is 12.5. The number of benzene rings is 1. The summed E-state index contributed by atoms with van der Waals surface area (Å²) in [5, 5.41) is 25.7. The molecule has 4 N–H and O–H groups in total. The number of aliphatic hydroxyl groups excluding tert-OH is 1. The number of amides is 1. The highest BCUT2D eigenvalue weighted by atomic mass is 16.3. The highest BCUT2D eigenvalue weighted by molar-refractivity contribution is 6.12. The van der Waals surface area contributed by atoms with E-state index in [4.69, 9.17) is 5.41 Å². The molecule has 26 heavy (non-hydrogen) atoms. The molecule has 2 heterocycles. The first-order valence-electron chi connectivity index (χ1n) is 9.38. The van der Waals surface area contributed by atoms with E-state index >= 15 is 0 Å². The molecule has 3 aliphatic rings. The average molecular weight is 354 g/mol. The SMILES string of the molecule is Cc1cccc(N2CC(O)=C(C3NC(=O)C4CCCCC4N3)C2=N)c1C. The van der Waals surface area contributed by atoms with Crippen LogP contribution in [0.1, 0.15) is 36.8 Å². The van der Waals surface area contributed by atoms with Crippen molar-refractivity contribution in [3.05, 3.63) is 40.7 Å². The van der Waals surface area contributed by atoms with Crippen molar-refractivity contribution in [3.63, 3.8) is 0 Å². The van der Waals surface area contributed by atoms with E-state index < -0.39 is 6.17 Å². The van der Waals surface area contributed by atoms with Gasteiger partial charge in [-0.1, -0.05) is 25.0 Å². The molecule has 0 spiro atoms. The first-order valence-corrected chi connectivity index (χ1v) is 9.38. The molecule has 1 aliphatic carbocycles. The van der Waals surface area contributed by atoms with E-state index in [0.717, 1.165) is 42.5 Å². The standard InChI is InChI=1S/C20H26N4O2/c1-11-6-5-9-15(12(11)2)24-10-16(25)17(18(24)21)19-22-14-8-4-3-7-13(14)20(26)23-19/h5-6,9,13-14,19,21-22,25H,3-4,7-8,10H2,1-2H3,(H,23,26). The molecule has 1 aromatic carbocycles. The topological polar surface area (TPSA) is 88.4 Å². The number of nitrogens with one attached hydrogen (secondary N) is 3. The van der Waals surface area contributed by atoms with Crippen molar-refractivity contribution in [1.29, 1.82) is 5.41 Å². The van der Waals surface area contributed by atoms with Crippen molar-refractivity contribution in [2.24, 2.45) is 5.92 Å². The Morgan fingerprint density at radius 1 is 1.23 bits per heavy atom. The van der Waals surface area contributed by atoms with E-state index in [1.54, 1.807) is 0 Å². The fraction of sp³-hybridized carbons (Fsp3) is 0.500. The highest BCUT2D eigenvalue weighted by Crippen LogP contribution is 2.33. The van der Waals surface area contributed by atoms with E-state index in [-0.39, 0.29) is 36.0 Å². The number of aryl methyl sites for hydroxylation is 1. The van der Waals surface area contributed by atoms with Crippen molar-refractivity contribution in [2.75, 3.05) is 11.4 Å². The summed E-state index contributed by atoms with van der Waals surface area (Å²) in [4.78, 5) is 14.3. The number of carbonyl (C=O) groups is 1. The smallest absolute Gasteiger partial charge is 0.226 e. The van der Waals surface area contributed by atoms with Gasteiger partial charge in [-0.15, -0.1) is 0 Å². The van der Waals surface area contributed by atoms with E-state index in [1.165, 1.54) is 0 Å². The Hall–Kier alpha value is -2.34. The van der Waals surface area contributed by atoms with E-state index in [2.05, 4.69) is 10.6 Å². The second-order valence-electron chi connectivity index (χ2n) is 7.62. The molecule has 1 amide bonds. The van der Waals surface area contributed by atoms with E-state index in [1.807, 2.05) is 36.9 Å². The molecule has 2 fully saturated rings. The van der Waals surface area contributed by atoms with Gasteiger partial charge in [-0.05, 0) is 43.9 Å². The first kappa shape index (κ1) is 17.1. The minimum absolute atomic E-state index is 0.00782. The Balaban J connectivity index is 1.59. The van der Waals surface area contributed by atoms with Crippen LogP contribution in [0.5, 0.6) is 0 Å². The Kier molecular flexibility index (Phi) is 4.23. The third-order valence-electron chi connectivity index (χ3n) is 6.07. The quantitative estimate of drug-likeness (QED) is 0.657. The van der Waals surface area contributed by atoms with Gasteiger partial charge >= 0.3 is 0 Å². The van der Waals surface area contributed by atoms with Crippen LogP contribution < -0.4 is 15.5 Å². The summed E-state index contributed by atoms with van der Waals surface area (Å²) < 4.78 is 0. The van der Waals surface area contributed by atoms with Gasteiger partial charge < -0.3 is 15.3 Å². The molecule has 1 saturated carbocycles. The molecule has 0 aromatic heterocycles. The molecule has 6 heteroatoms. The molecule has 0 radical (unpaired) electrons. The minimum atomic E-state index is -0.496. The normalized spacial score (nSPS) is 29.0. The maximum Gasteiger partial charge on any atom is 0.226 e. The number of rotatable bonds is 2. The molecule has 6 nitrogen and oxygen atoms in total. The van der Waals surface area contributed by atoms with Crippen molar-refractivity contribution in [1.82, 2.24) is 10.6 Å². The van der Waals surface area contributed by atoms with Gasteiger partial charge in [0, 0.05) is 11.7 Å². The average Bonchev–Trinajstić information content (AvgIpc) is 2.91. The molecule has 3 unspecified atom stereocenters. The van der Waals surface area contributed by atoms with Crippen molar-refractivity contribution in [3.8, 4) is 0 Å². The van der Waals surface area contributed by atoms with E-state index in [9.17, 15) is 9.90 Å². The molecule has 4 rings (SSSR count). The number of aliphatic hydroxyl groups is 1. The van der Waals surface area contributed by atoms with Crippen molar-refractivity contribution >= 4 is 17.4 Å². The predicted octanol–water partition coefficient (Wildman–Crippen LogP) is 2.52. The number of hydrogen-bond acceptors (Lipinski definition) is 4. The number of carbonyl (C=O) groups excluding carboxylic acids is 1. The monoisotopic (exact) mass is 354 g/mol. The highest BCUT2D eigenvalue weighted by Gasteiger charge is 2.42. The largest absolute Gasteiger partial charge is 0.510 e. The van der Waals surface area contributed by atoms with Gasteiger partial charge in [-0.25, -0.2) is 0 Å². The molecule has 1 saturated heterocycles. The fourth-order valence-electron chi connectivity index (χ4n) is 4.44. The predicted molar refractivity (Wildman–Crippen MR) is 101 cm³/mol. The Morgan fingerprint density at radius 2 is 2.00 bits per heavy atom. The van der Waals surface area contributed by atoms with Crippen LogP contribution in [-0.4, -0.2) is 35.6 Å². The van der Waals surface area contributed by atoms with Gasteiger partial charge in [0.2, 0.25) is 5.91 Å². The van der Waals surface area contributed by atoms with Gasteiger partial charge in [-0.2, -0.15) is 0 Å². The lowest BCUT2D eigenvalue weighted by atomic mass is 9.82. The summed E-state index contributed by atoms with van der Waals surface area (Å²) >= 11 is 0. The van der Waals surface area contributed by atoms with E-state index in [0.29, 0.717) is 5.57 Å². The zero-order valence-electron chi connectivity index (χ0n) is 15.3. The summed E-state index contributed by atoms with van der Waals surface area (Å²) in [6.45, 7) is 4.33. The maximum atomic E-state index is 12.5. The molecular weight excluding hydrogens is 328 g/mol. The van der Waals surface area contributed by atoms with Crippen LogP contribution >= 0.6 is 0 Å². The van der Waals surface area contributed by atoms with Crippen LogP contribution in [-0.2, 0) is 4.79 Å². The minimum Gasteiger partial charge on any atom is -0.510 e. The third-order valence-corrected chi connectivity index (χ3v) is 6.07. The number of nitrogens with zero attached hydrogens (tertiary/aromatic N) is 1. The Labute approximate surface area is 153 Å². The van der Waals surface area contributed by atoms with Crippen LogP contribution in [0, 0.1) is 25.2 Å². The summed E-state index contributed by atoms with van der Waals surface area (Å²) in [5.41, 5.74) is 3.66. The maximum absolute atomic E-state index is 12.5. The second-order valence-corrected chi connectivity index (χ2v) is 7.62. The number of hydrogen-bond donors (Lipinski definition) is 4. The number of amidine groups is 1. The van der Waals surface area contributed by atoms with Crippen molar-refractivity contribution in [2.45, 2.75) is 51.7 Å². The van der Waals surface area contributed by atoms with Crippen molar-refractivity contribution < 1.29 is 9.90 Å². The van der Waals surface area contributed by atoms with Gasteiger partial charge in [0.05, 0.1) is 18.0 Å². The number of fused-ring (bicyclic) bond motifs is 1. The van der Waals surface area contributed by atoms with Gasteiger partial charge in [0.1, 0.15) is 17.8 Å². The van der Waals surface area contributed by atoms with Crippen LogP contribution in [0.15, 0.2) is 29.5 Å². The summed E-state index contributed by atoms with van der Waals surface area (Å²) in [6, 6.07) is 6.11. The molecule has 138 valence electrons. The molecule has 1 aromatic rings. The zero-order valence-corrected chi connectivity index (χ0v) is 15.3.